The lowest BCUT2D eigenvalue weighted by Gasteiger charge is -2.40. The third-order valence-corrected chi connectivity index (χ3v) is 8.09. The Morgan fingerprint density at radius 2 is 1.83 bits per heavy atom. The molecule has 1 fully saturated rings. The number of carbonyl (C=O) groups is 1. The van der Waals surface area contributed by atoms with Crippen LogP contribution in [0.4, 0.5) is 22.0 Å². The van der Waals surface area contributed by atoms with E-state index in [1.807, 2.05) is 0 Å². The van der Waals surface area contributed by atoms with Crippen molar-refractivity contribution >= 4 is 11.5 Å². The summed E-state index contributed by atoms with van der Waals surface area (Å²) in [6.07, 6.45) is -1.73. The fraction of sp³-hybridized carbons (Fsp3) is 0.355. The van der Waals surface area contributed by atoms with Crippen LogP contribution in [0.2, 0.25) is 0 Å². The van der Waals surface area contributed by atoms with Crippen LogP contribution in [-0.4, -0.2) is 33.4 Å². The molecule has 0 bridgehead atoms. The van der Waals surface area contributed by atoms with Gasteiger partial charge in [-0.05, 0) is 84.2 Å². The number of aromatic nitrogens is 1. The molecule has 2 aromatic carbocycles. The zero-order chi connectivity index (χ0) is 30.0. The zero-order valence-electron chi connectivity index (χ0n) is 22.4. The number of hydrogen-bond donors (Lipinski definition) is 2. The van der Waals surface area contributed by atoms with Crippen molar-refractivity contribution in [2.75, 3.05) is 6.61 Å². The van der Waals surface area contributed by atoms with Gasteiger partial charge in [0, 0.05) is 29.3 Å². The first kappa shape index (κ1) is 28.1. The summed E-state index contributed by atoms with van der Waals surface area (Å²) >= 11 is 0. The summed E-state index contributed by atoms with van der Waals surface area (Å²) in [6, 6.07) is 6.46. The number of rotatable bonds is 9. The molecule has 11 heteroatoms. The van der Waals surface area contributed by atoms with E-state index in [0.717, 1.165) is 34.4 Å². The highest BCUT2D eigenvalue weighted by Crippen LogP contribution is 2.56. The van der Waals surface area contributed by atoms with E-state index in [1.165, 1.54) is 12.1 Å². The predicted octanol–water partition coefficient (Wildman–Crippen LogP) is 6.58. The minimum atomic E-state index is -4.90. The number of aliphatic carboxylic acids is 1. The van der Waals surface area contributed by atoms with Gasteiger partial charge in [0.05, 0.1) is 24.2 Å². The second-order valence-corrected chi connectivity index (χ2v) is 11.4. The van der Waals surface area contributed by atoms with E-state index in [2.05, 4.69) is 4.98 Å². The standard InChI is InChI=1S/C31H26F5NO5/c1-30(40)10-15(11-30)13-41-26-3-2-16(6-25(26)33)19-5-18(24(32)9-23(19)31(34,35)36)14-42-27-7-17-4-20-21(8-28(38)39)29(20)22(17)12-37-27/h2-3,5-7,9,12,15,20,40H,4,8,10-11,13-14H2,1H3,(H,38,39). The number of allylic oxidation sites excluding steroid dienone is 1. The van der Waals surface area contributed by atoms with Gasteiger partial charge in [-0.25, -0.2) is 13.8 Å². The van der Waals surface area contributed by atoms with Crippen molar-refractivity contribution in [2.45, 2.75) is 51.0 Å². The molecule has 0 saturated heterocycles. The van der Waals surface area contributed by atoms with Crippen molar-refractivity contribution in [1.82, 2.24) is 4.98 Å². The Morgan fingerprint density at radius 3 is 2.50 bits per heavy atom. The minimum Gasteiger partial charge on any atom is -0.490 e. The number of alkyl halides is 3. The molecule has 3 aliphatic rings. The van der Waals surface area contributed by atoms with Crippen LogP contribution in [0.3, 0.4) is 0 Å². The van der Waals surface area contributed by atoms with Crippen LogP contribution in [0.25, 0.3) is 16.7 Å². The molecule has 0 radical (unpaired) electrons. The van der Waals surface area contributed by atoms with E-state index < -0.39 is 47.1 Å². The summed E-state index contributed by atoms with van der Waals surface area (Å²) in [7, 11) is 0. The van der Waals surface area contributed by atoms with E-state index in [1.54, 1.807) is 19.2 Å². The molecule has 1 saturated carbocycles. The maximum atomic E-state index is 14.9. The van der Waals surface area contributed by atoms with E-state index in [9.17, 15) is 31.9 Å². The van der Waals surface area contributed by atoms with Crippen LogP contribution in [0, 0.1) is 23.5 Å². The number of fused-ring (bicyclic) bond motifs is 3. The summed E-state index contributed by atoms with van der Waals surface area (Å²) in [5, 5.41) is 18.9. The molecule has 0 spiro atoms. The molecular formula is C31H26F5NO5. The molecule has 1 heterocycles. The summed E-state index contributed by atoms with van der Waals surface area (Å²) in [6.45, 7) is 1.44. The smallest absolute Gasteiger partial charge is 0.417 e. The number of ether oxygens (including phenoxy) is 2. The van der Waals surface area contributed by atoms with Crippen molar-refractivity contribution < 1.29 is 46.4 Å². The lowest BCUT2D eigenvalue weighted by Crippen LogP contribution is -2.43. The fourth-order valence-electron chi connectivity index (χ4n) is 6.12. The summed E-state index contributed by atoms with van der Waals surface area (Å²) in [5.41, 5.74) is 0.891. The largest absolute Gasteiger partial charge is 0.490 e. The molecule has 6 nitrogen and oxygen atoms in total. The molecule has 3 aromatic rings. The van der Waals surface area contributed by atoms with Gasteiger partial charge in [-0.3, -0.25) is 4.79 Å². The van der Waals surface area contributed by atoms with Crippen LogP contribution >= 0.6 is 0 Å². The Kier molecular flexibility index (Phi) is 6.75. The van der Waals surface area contributed by atoms with Crippen LogP contribution in [-0.2, 0) is 24.0 Å². The maximum Gasteiger partial charge on any atom is 0.417 e. The molecule has 2 N–H and O–H groups in total. The zero-order valence-corrected chi connectivity index (χ0v) is 22.4. The number of hydrogen-bond acceptors (Lipinski definition) is 5. The number of nitrogens with zero attached hydrogens (tertiary/aromatic N) is 1. The normalized spacial score (nSPS) is 22.4. The molecule has 0 aliphatic heterocycles. The highest BCUT2D eigenvalue weighted by Gasteiger charge is 2.44. The predicted molar refractivity (Wildman–Crippen MR) is 141 cm³/mol. The molecule has 42 heavy (non-hydrogen) atoms. The first-order valence-corrected chi connectivity index (χ1v) is 13.4. The van der Waals surface area contributed by atoms with Gasteiger partial charge < -0.3 is 19.7 Å². The average Bonchev–Trinajstić information content (AvgIpc) is 3.39. The maximum absolute atomic E-state index is 14.9. The Balaban J connectivity index is 1.20. The monoisotopic (exact) mass is 587 g/mol. The van der Waals surface area contributed by atoms with Crippen molar-refractivity contribution in [2.24, 2.45) is 11.8 Å². The van der Waals surface area contributed by atoms with Gasteiger partial charge in [0.25, 0.3) is 0 Å². The quantitative estimate of drug-likeness (QED) is 0.275. The Labute approximate surface area is 237 Å². The highest BCUT2D eigenvalue weighted by atomic mass is 19.4. The lowest BCUT2D eigenvalue weighted by molar-refractivity contribution is -0.137. The van der Waals surface area contributed by atoms with Crippen LogP contribution in [0.1, 0.15) is 48.4 Å². The van der Waals surface area contributed by atoms with Gasteiger partial charge in [-0.2, -0.15) is 13.2 Å². The first-order chi connectivity index (χ1) is 19.8. The summed E-state index contributed by atoms with van der Waals surface area (Å²) in [4.78, 5) is 15.2. The van der Waals surface area contributed by atoms with Crippen LogP contribution < -0.4 is 9.47 Å². The molecule has 1 atom stereocenters. The SMILES string of the molecule is CC1(O)CC(COc2ccc(-c3cc(COc4cc5c(cn4)C4=C(CC(=O)O)C4C5)c(F)cc3C(F)(F)F)cc2F)C1. The van der Waals surface area contributed by atoms with E-state index in [4.69, 9.17) is 14.6 Å². The van der Waals surface area contributed by atoms with Crippen molar-refractivity contribution in [3.8, 4) is 22.8 Å². The number of benzene rings is 2. The van der Waals surface area contributed by atoms with Crippen LogP contribution in [0.15, 0.2) is 48.2 Å². The van der Waals surface area contributed by atoms with Gasteiger partial charge >= 0.3 is 12.1 Å². The third kappa shape index (κ3) is 5.45. The number of halogens is 5. The van der Waals surface area contributed by atoms with Gasteiger partial charge in [-0.1, -0.05) is 6.07 Å². The Morgan fingerprint density at radius 1 is 1.07 bits per heavy atom. The van der Waals surface area contributed by atoms with Gasteiger partial charge in [0.1, 0.15) is 12.4 Å². The van der Waals surface area contributed by atoms with Gasteiger partial charge in [0.15, 0.2) is 11.6 Å². The Hall–Kier alpha value is -3.99. The molecule has 220 valence electrons. The summed E-state index contributed by atoms with van der Waals surface area (Å²) < 4.78 is 82.5. The third-order valence-electron chi connectivity index (χ3n) is 8.09. The fourth-order valence-corrected chi connectivity index (χ4v) is 6.12. The minimum absolute atomic E-state index is 0.0164. The number of carboxylic acid groups (broad SMARTS) is 1. The average molecular weight is 588 g/mol. The Bertz CT molecular complexity index is 1620. The van der Waals surface area contributed by atoms with Gasteiger partial charge in [0.2, 0.25) is 5.88 Å². The van der Waals surface area contributed by atoms with Crippen molar-refractivity contribution in [3.63, 3.8) is 0 Å². The van der Waals surface area contributed by atoms with Crippen molar-refractivity contribution in [3.05, 3.63) is 82.1 Å². The molecule has 0 amide bonds. The lowest BCUT2D eigenvalue weighted by atomic mass is 9.73. The number of aliphatic hydroxyl groups is 1. The number of pyridine rings is 1. The first-order valence-electron chi connectivity index (χ1n) is 13.4. The highest BCUT2D eigenvalue weighted by molar-refractivity contribution is 5.94. The molecule has 1 unspecified atom stereocenters. The molecule has 6 rings (SSSR count). The molecule has 1 aromatic heterocycles. The second kappa shape index (κ2) is 10.1. The van der Waals surface area contributed by atoms with E-state index in [0.29, 0.717) is 25.3 Å². The molecule has 3 aliphatic carbocycles. The topological polar surface area (TPSA) is 88.9 Å². The van der Waals surface area contributed by atoms with Gasteiger partial charge in [-0.15, -0.1) is 0 Å². The second-order valence-electron chi connectivity index (χ2n) is 11.4. The summed E-state index contributed by atoms with van der Waals surface area (Å²) in [5.74, 6) is -2.74. The van der Waals surface area contributed by atoms with Crippen molar-refractivity contribution in [1.29, 1.82) is 0 Å². The number of carboxylic acids is 1. The molecular weight excluding hydrogens is 561 g/mol. The van der Waals surface area contributed by atoms with Crippen LogP contribution in [0.5, 0.6) is 11.6 Å². The van der Waals surface area contributed by atoms with E-state index in [-0.39, 0.29) is 47.6 Å². The van der Waals surface area contributed by atoms with E-state index >= 15 is 0 Å².